The van der Waals surface area contributed by atoms with Gasteiger partial charge >= 0.3 is 6.09 Å². The standard InChI is InChI=1S/C9H16BrNO2/c1-8(2,3)6-4-9(6,5-10)13-7(11)12/h6H,4-5H2,1-3H3,(H2,11,12). The fourth-order valence-electron chi connectivity index (χ4n) is 1.87. The minimum atomic E-state index is -0.675. The Hall–Kier alpha value is -0.250. The molecule has 0 heterocycles. The molecule has 2 unspecified atom stereocenters. The maximum atomic E-state index is 10.7. The number of hydrogen-bond donors (Lipinski definition) is 1. The van der Waals surface area contributed by atoms with Gasteiger partial charge in [0.25, 0.3) is 0 Å². The average molecular weight is 250 g/mol. The van der Waals surface area contributed by atoms with E-state index in [1.807, 2.05) is 0 Å². The lowest BCUT2D eigenvalue weighted by molar-refractivity contribution is 0.0798. The van der Waals surface area contributed by atoms with Gasteiger partial charge < -0.3 is 10.5 Å². The molecule has 0 aromatic carbocycles. The van der Waals surface area contributed by atoms with Crippen LogP contribution in [0.4, 0.5) is 4.79 Å². The van der Waals surface area contributed by atoms with Crippen LogP contribution in [0, 0.1) is 11.3 Å². The molecule has 1 amide bonds. The SMILES string of the molecule is CC(C)(C)C1CC1(CBr)OC(N)=O. The largest absolute Gasteiger partial charge is 0.442 e. The minimum Gasteiger partial charge on any atom is -0.442 e. The van der Waals surface area contributed by atoms with Gasteiger partial charge in [0.15, 0.2) is 0 Å². The van der Waals surface area contributed by atoms with Crippen LogP contribution in [0.25, 0.3) is 0 Å². The van der Waals surface area contributed by atoms with E-state index in [1.165, 1.54) is 0 Å². The van der Waals surface area contributed by atoms with Gasteiger partial charge in [0.1, 0.15) is 5.60 Å². The number of rotatable bonds is 2. The minimum absolute atomic E-state index is 0.170. The van der Waals surface area contributed by atoms with Gasteiger partial charge in [0, 0.05) is 11.2 Å². The Kier molecular flexibility index (Phi) is 2.63. The molecule has 1 fully saturated rings. The van der Waals surface area contributed by atoms with Crippen molar-refractivity contribution >= 4 is 22.0 Å². The van der Waals surface area contributed by atoms with E-state index < -0.39 is 6.09 Å². The number of amides is 1. The van der Waals surface area contributed by atoms with Gasteiger partial charge in [-0.3, -0.25) is 0 Å². The van der Waals surface area contributed by atoms with Gasteiger partial charge in [-0.2, -0.15) is 0 Å². The van der Waals surface area contributed by atoms with Crippen LogP contribution in [0.2, 0.25) is 0 Å². The summed E-state index contributed by atoms with van der Waals surface area (Å²) in [5.41, 5.74) is 4.84. The zero-order valence-electron chi connectivity index (χ0n) is 8.26. The lowest BCUT2D eigenvalue weighted by Gasteiger charge is -2.23. The molecule has 3 nitrogen and oxygen atoms in total. The summed E-state index contributed by atoms with van der Waals surface area (Å²) in [7, 11) is 0. The Balaban J connectivity index is 2.64. The first-order valence-corrected chi connectivity index (χ1v) is 5.48. The summed E-state index contributed by atoms with van der Waals surface area (Å²) in [6.45, 7) is 6.44. The fourth-order valence-corrected chi connectivity index (χ4v) is 2.60. The first-order chi connectivity index (χ1) is 5.82. The summed E-state index contributed by atoms with van der Waals surface area (Å²) in [6, 6.07) is 0. The summed E-state index contributed by atoms with van der Waals surface area (Å²) in [5.74, 6) is 0.409. The van der Waals surface area contributed by atoms with Crippen molar-refractivity contribution in [2.45, 2.75) is 32.8 Å². The highest BCUT2D eigenvalue weighted by Crippen LogP contribution is 2.57. The van der Waals surface area contributed by atoms with Crippen LogP contribution in [0.1, 0.15) is 27.2 Å². The average Bonchev–Trinajstić information content (AvgIpc) is 2.62. The number of halogens is 1. The van der Waals surface area contributed by atoms with Crippen LogP contribution < -0.4 is 5.73 Å². The molecule has 13 heavy (non-hydrogen) atoms. The molecule has 0 radical (unpaired) electrons. The van der Waals surface area contributed by atoms with Crippen LogP contribution in [0.15, 0.2) is 0 Å². The third-order valence-electron chi connectivity index (χ3n) is 2.60. The smallest absolute Gasteiger partial charge is 0.405 e. The maximum absolute atomic E-state index is 10.7. The van der Waals surface area contributed by atoms with Gasteiger partial charge in [-0.25, -0.2) is 4.79 Å². The summed E-state index contributed by atoms with van der Waals surface area (Å²) in [4.78, 5) is 10.7. The van der Waals surface area contributed by atoms with E-state index in [2.05, 4.69) is 36.7 Å². The zero-order chi connectivity index (χ0) is 10.3. The number of primary amides is 1. The maximum Gasteiger partial charge on any atom is 0.405 e. The molecule has 0 aromatic rings. The molecule has 76 valence electrons. The summed E-state index contributed by atoms with van der Waals surface area (Å²) in [5, 5.41) is 0.672. The Morgan fingerprint density at radius 2 is 2.23 bits per heavy atom. The third kappa shape index (κ3) is 2.16. The van der Waals surface area contributed by atoms with Crippen LogP contribution in [0.3, 0.4) is 0 Å². The van der Waals surface area contributed by atoms with Crippen LogP contribution in [-0.4, -0.2) is 17.0 Å². The topological polar surface area (TPSA) is 52.3 Å². The van der Waals surface area contributed by atoms with Gasteiger partial charge in [-0.05, 0) is 11.8 Å². The van der Waals surface area contributed by atoms with E-state index in [4.69, 9.17) is 10.5 Å². The molecule has 0 bridgehead atoms. The lowest BCUT2D eigenvalue weighted by Crippen LogP contribution is -2.30. The summed E-state index contributed by atoms with van der Waals surface area (Å²) in [6.07, 6.45) is 0.233. The van der Waals surface area contributed by atoms with E-state index >= 15 is 0 Å². The molecular weight excluding hydrogens is 234 g/mol. The van der Waals surface area contributed by atoms with Crippen LogP contribution in [-0.2, 0) is 4.74 Å². The van der Waals surface area contributed by atoms with E-state index in [0.29, 0.717) is 11.2 Å². The predicted molar refractivity (Wildman–Crippen MR) is 54.8 cm³/mol. The normalized spacial score (nSPS) is 32.8. The van der Waals surface area contributed by atoms with Crippen molar-refractivity contribution in [1.29, 1.82) is 0 Å². The van der Waals surface area contributed by atoms with Gasteiger partial charge in [0.2, 0.25) is 0 Å². The second-order valence-electron chi connectivity index (χ2n) is 4.74. The Morgan fingerprint density at radius 1 is 1.69 bits per heavy atom. The number of carbonyl (C=O) groups excluding carboxylic acids is 1. The molecule has 2 atom stereocenters. The predicted octanol–water partition coefficient (Wildman–Crippen LogP) is 2.28. The second kappa shape index (κ2) is 3.15. The fraction of sp³-hybridized carbons (Fsp3) is 0.889. The van der Waals surface area contributed by atoms with Crippen molar-refractivity contribution in [1.82, 2.24) is 0 Å². The molecule has 0 saturated heterocycles. The highest BCUT2D eigenvalue weighted by Gasteiger charge is 2.61. The van der Waals surface area contributed by atoms with Crippen molar-refractivity contribution in [3.05, 3.63) is 0 Å². The van der Waals surface area contributed by atoms with Crippen molar-refractivity contribution in [3.8, 4) is 0 Å². The first kappa shape index (κ1) is 10.8. The molecule has 1 rings (SSSR count). The molecule has 0 aliphatic heterocycles. The van der Waals surface area contributed by atoms with Gasteiger partial charge in [0.05, 0.1) is 0 Å². The van der Waals surface area contributed by atoms with Crippen molar-refractivity contribution in [2.75, 3.05) is 5.33 Å². The Bertz CT molecular complexity index is 224. The molecule has 0 spiro atoms. The molecular formula is C9H16BrNO2. The van der Waals surface area contributed by atoms with E-state index in [0.717, 1.165) is 6.42 Å². The third-order valence-corrected chi connectivity index (χ3v) is 3.55. The highest BCUT2D eigenvalue weighted by atomic mass is 79.9. The van der Waals surface area contributed by atoms with Crippen molar-refractivity contribution < 1.29 is 9.53 Å². The molecule has 1 aliphatic carbocycles. The number of hydrogen-bond acceptors (Lipinski definition) is 2. The Labute approximate surface area is 87.1 Å². The lowest BCUT2D eigenvalue weighted by atomic mass is 9.88. The summed E-state index contributed by atoms with van der Waals surface area (Å²) < 4.78 is 5.13. The van der Waals surface area contributed by atoms with E-state index in [9.17, 15) is 4.79 Å². The highest BCUT2D eigenvalue weighted by molar-refractivity contribution is 9.09. The first-order valence-electron chi connectivity index (χ1n) is 4.36. The molecule has 4 heteroatoms. The Morgan fingerprint density at radius 3 is 2.46 bits per heavy atom. The van der Waals surface area contributed by atoms with Crippen molar-refractivity contribution in [2.24, 2.45) is 17.1 Å². The number of ether oxygens (including phenoxy) is 1. The molecule has 0 aromatic heterocycles. The van der Waals surface area contributed by atoms with Crippen molar-refractivity contribution in [3.63, 3.8) is 0 Å². The summed E-state index contributed by atoms with van der Waals surface area (Å²) >= 11 is 3.36. The number of alkyl halides is 1. The zero-order valence-corrected chi connectivity index (χ0v) is 9.85. The molecule has 2 N–H and O–H groups in total. The number of carbonyl (C=O) groups is 1. The van der Waals surface area contributed by atoms with Crippen LogP contribution in [0.5, 0.6) is 0 Å². The monoisotopic (exact) mass is 249 g/mol. The van der Waals surface area contributed by atoms with Gasteiger partial charge in [-0.15, -0.1) is 0 Å². The van der Waals surface area contributed by atoms with E-state index in [-0.39, 0.29) is 11.0 Å². The number of nitrogens with two attached hydrogens (primary N) is 1. The molecule has 1 saturated carbocycles. The quantitative estimate of drug-likeness (QED) is 0.764. The second-order valence-corrected chi connectivity index (χ2v) is 5.30. The van der Waals surface area contributed by atoms with Crippen LogP contribution >= 0.6 is 15.9 Å². The van der Waals surface area contributed by atoms with E-state index in [1.54, 1.807) is 0 Å². The molecule has 1 aliphatic rings. The van der Waals surface area contributed by atoms with Gasteiger partial charge in [-0.1, -0.05) is 36.7 Å².